The first-order valence-electron chi connectivity index (χ1n) is 10.0. The second-order valence-corrected chi connectivity index (χ2v) is 7.53. The molecular weight excluding hydrogens is 442 g/mol. The van der Waals surface area contributed by atoms with Crippen molar-refractivity contribution in [1.29, 1.82) is 0 Å². The summed E-state index contributed by atoms with van der Waals surface area (Å²) in [6.45, 7) is 0. The smallest absolute Gasteiger partial charge is 0.271 e. The van der Waals surface area contributed by atoms with Crippen molar-refractivity contribution in [3.05, 3.63) is 95.3 Å². The van der Waals surface area contributed by atoms with E-state index in [0.717, 1.165) is 5.56 Å². The molecule has 0 unspecified atom stereocenters. The van der Waals surface area contributed by atoms with E-state index in [4.69, 9.17) is 11.6 Å². The van der Waals surface area contributed by atoms with E-state index in [9.17, 15) is 15.0 Å². The maximum absolute atomic E-state index is 12.5. The van der Waals surface area contributed by atoms with Gasteiger partial charge in [0.05, 0.1) is 11.4 Å². The Morgan fingerprint density at radius 3 is 2.67 bits per heavy atom. The first-order chi connectivity index (χ1) is 16.0. The number of fused-ring (bicyclic) bond motifs is 1. The summed E-state index contributed by atoms with van der Waals surface area (Å²) in [5.41, 5.74) is 4.70. The van der Waals surface area contributed by atoms with Crippen molar-refractivity contribution in [3.8, 4) is 0 Å². The van der Waals surface area contributed by atoms with Gasteiger partial charge < -0.3 is 15.5 Å². The van der Waals surface area contributed by atoms with Crippen molar-refractivity contribution in [2.45, 2.75) is 12.3 Å². The third kappa shape index (κ3) is 5.50. The highest BCUT2D eigenvalue weighted by atomic mass is 35.5. The monoisotopic (exact) mass is 461 g/mol. The molecule has 1 aliphatic rings. The number of carbonyl (C=O) groups is 1. The van der Waals surface area contributed by atoms with Crippen LogP contribution in [0.25, 0.3) is 6.08 Å². The van der Waals surface area contributed by atoms with Crippen LogP contribution in [0.2, 0.25) is 5.02 Å². The van der Waals surface area contributed by atoms with E-state index in [0.29, 0.717) is 22.0 Å². The second kappa shape index (κ2) is 10.2. The predicted molar refractivity (Wildman–Crippen MR) is 129 cm³/mol. The summed E-state index contributed by atoms with van der Waals surface area (Å²) in [5.74, 6) is -0.500. The molecule has 0 fully saturated rings. The molecule has 1 aliphatic heterocycles. The SMILES string of the molecule is O=C(N/N=C(\C1=Nc2ccc(Cl)cc2N[C@@H]1O)[C@@H](O)/C=C\c1ccccc1)c1ccncc1. The second-order valence-electron chi connectivity index (χ2n) is 7.09. The molecule has 9 heteroatoms. The molecule has 0 aliphatic carbocycles. The minimum atomic E-state index is -1.28. The molecule has 1 amide bonds. The highest BCUT2D eigenvalue weighted by Crippen LogP contribution is 2.32. The molecule has 0 saturated heterocycles. The van der Waals surface area contributed by atoms with Gasteiger partial charge in [-0.25, -0.2) is 10.4 Å². The lowest BCUT2D eigenvalue weighted by atomic mass is 10.0. The lowest BCUT2D eigenvalue weighted by Gasteiger charge is -2.25. The van der Waals surface area contributed by atoms with E-state index in [1.165, 1.54) is 30.6 Å². The van der Waals surface area contributed by atoms with Crippen molar-refractivity contribution in [3.63, 3.8) is 0 Å². The third-order valence-corrected chi connectivity index (χ3v) is 5.02. The van der Waals surface area contributed by atoms with Crippen molar-refractivity contribution in [1.82, 2.24) is 10.4 Å². The molecule has 0 saturated carbocycles. The number of pyridine rings is 1. The van der Waals surface area contributed by atoms with Gasteiger partial charge in [-0.2, -0.15) is 5.10 Å². The van der Waals surface area contributed by atoms with E-state index < -0.39 is 18.2 Å². The predicted octanol–water partition coefficient (Wildman–Crippen LogP) is 3.41. The summed E-state index contributed by atoms with van der Waals surface area (Å²) in [5, 5.41) is 29.0. The number of aliphatic imine (C=N–C) groups is 1. The van der Waals surface area contributed by atoms with E-state index in [2.05, 4.69) is 25.8 Å². The molecule has 1 aromatic heterocycles. The number of aliphatic hydroxyl groups excluding tert-OH is 2. The first kappa shape index (κ1) is 22.3. The molecule has 0 bridgehead atoms. The zero-order chi connectivity index (χ0) is 23.2. The van der Waals surface area contributed by atoms with E-state index >= 15 is 0 Å². The average molecular weight is 462 g/mol. The maximum Gasteiger partial charge on any atom is 0.271 e. The lowest BCUT2D eigenvalue weighted by molar-refractivity contribution is 0.0954. The summed E-state index contributed by atoms with van der Waals surface area (Å²) < 4.78 is 0. The van der Waals surface area contributed by atoms with Gasteiger partial charge in [0.15, 0.2) is 6.23 Å². The van der Waals surface area contributed by atoms with Crippen LogP contribution < -0.4 is 10.7 Å². The standard InChI is InChI=1S/C24H20ClN5O3/c25-17-7-8-18-19(14-17)28-24(33)22(27-18)21(20(31)9-6-15-4-2-1-3-5-15)29-30-23(32)16-10-12-26-13-11-16/h1-14,20,24,28,31,33H,(H,30,32)/b9-6-,29-21-/t20-,24+/m0/s1. The fourth-order valence-electron chi connectivity index (χ4n) is 3.14. The molecule has 2 aromatic carbocycles. The molecule has 4 rings (SSSR count). The fourth-order valence-corrected chi connectivity index (χ4v) is 3.31. The number of aromatic nitrogens is 1. The number of anilines is 1. The number of hydrogen-bond donors (Lipinski definition) is 4. The highest BCUT2D eigenvalue weighted by Gasteiger charge is 2.28. The van der Waals surface area contributed by atoms with Crippen LogP contribution in [0.3, 0.4) is 0 Å². The molecule has 33 heavy (non-hydrogen) atoms. The Kier molecular flexibility index (Phi) is 6.89. The van der Waals surface area contributed by atoms with Gasteiger partial charge in [0.2, 0.25) is 0 Å². The zero-order valence-electron chi connectivity index (χ0n) is 17.3. The number of carbonyl (C=O) groups excluding carboxylic acids is 1. The molecule has 8 nitrogen and oxygen atoms in total. The Morgan fingerprint density at radius 1 is 1.15 bits per heavy atom. The van der Waals surface area contributed by atoms with Crippen molar-refractivity contribution >= 4 is 46.4 Å². The number of aliphatic hydroxyl groups is 2. The van der Waals surface area contributed by atoms with Crippen molar-refractivity contribution < 1.29 is 15.0 Å². The number of benzene rings is 2. The molecule has 4 N–H and O–H groups in total. The molecule has 2 heterocycles. The molecule has 2 atom stereocenters. The Bertz CT molecular complexity index is 1230. The van der Waals surface area contributed by atoms with Gasteiger partial charge in [0, 0.05) is 23.0 Å². The quantitative estimate of drug-likeness (QED) is 0.331. The van der Waals surface area contributed by atoms with Gasteiger partial charge in [0.25, 0.3) is 5.91 Å². The molecule has 0 spiro atoms. The lowest BCUT2D eigenvalue weighted by Crippen LogP contribution is -2.42. The van der Waals surface area contributed by atoms with Crippen LogP contribution in [0.15, 0.2) is 89.2 Å². The minimum Gasteiger partial charge on any atom is -0.383 e. The Balaban J connectivity index is 1.68. The van der Waals surface area contributed by atoms with Crippen molar-refractivity contribution in [2.75, 3.05) is 5.32 Å². The van der Waals surface area contributed by atoms with Crippen LogP contribution in [-0.4, -0.2) is 44.9 Å². The number of amides is 1. The van der Waals surface area contributed by atoms with Gasteiger partial charge in [-0.1, -0.05) is 48.0 Å². The van der Waals surface area contributed by atoms with Crippen molar-refractivity contribution in [2.24, 2.45) is 10.1 Å². The molecule has 166 valence electrons. The van der Waals surface area contributed by atoms with E-state index in [1.807, 2.05) is 30.3 Å². The fraction of sp³-hybridized carbons (Fsp3) is 0.0833. The Morgan fingerprint density at radius 2 is 1.91 bits per heavy atom. The summed E-state index contributed by atoms with van der Waals surface area (Å²) in [6.07, 6.45) is 3.62. The summed E-state index contributed by atoms with van der Waals surface area (Å²) in [6, 6.07) is 17.4. The maximum atomic E-state index is 12.5. The number of nitrogens with zero attached hydrogens (tertiary/aromatic N) is 3. The van der Waals surface area contributed by atoms with Crippen LogP contribution in [0, 0.1) is 0 Å². The Hall–Kier alpha value is -3.85. The van der Waals surface area contributed by atoms with Crippen LogP contribution >= 0.6 is 11.6 Å². The van der Waals surface area contributed by atoms with Gasteiger partial charge >= 0.3 is 0 Å². The van der Waals surface area contributed by atoms with Crippen LogP contribution in [0.4, 0.5) is 11.4 Å². The topological polar surface area (TPSA) is 119 Å². The van der Waals surface area contributed by atoms with Crippen LogP contribution in [0.5, 0.6) is 0 Å². The van der Waals surface area contributed by atoms with Gasteiger partial charge in [-0.05, 0) is 42.0 Å². The van der Waals surface area contributed by atoms with Gasteiger partial charge in [-0.15, -0.1) is 0 Å². The molecular formula is C24H20ClN5O3. The number of hydrogen-bond acceptors (Lipinski definition) is 7. The number of hydrazone groups is 1. The minimum absolute atomic E-state index is 0.0230. The zero-order valence-corrected chi connectivity index (χ0v) is 18.0. The number of rotatable bonds is 6. The number of halogens is 1. The molecule has 3 aromatic rings. The van der Waals surface area contributed by atoms with Crippen LogP contribution in [0.1, 0.15) is 15.9 Å². The Labute approximate surface area is 195 Å². The van der Waals surface area contributed by atoms with E-state index in [1.54, 1.807) is 24.3 Å². The van der Waals surface area contributed by atoms with Gasteiger partial charge in [0.1, 0.15) is 17.5 Å². The summed E-state index contributed by atoms with van der Waals surface area (Å²) in [7, 11) is 0. The normalized spacial score (nSPS) is 16.5. The summed E-state index contributed by atoms with van der Waals surface area (Å²) in [4.78, 5) is 20.8. The molecule has 0 radical (unpaired) electrons. The average Bonchev–Trinajstić information content (AvgIpc) is 2.84. The summed E-state index contributed by atoms with van der Waals surface area (Å²) >= 11 is 6.02. The van der Waals surface area contributed by atoms with Gasteiger partial charge in [-0.3, -0.25) is 9.78 Å². The van der Waals surface area contributed by atoms with Crippen LogP contribution in [-0.2, 0) is 0 Å². The highest BCUT2D eigenvalue weighted by molar-refractivity contribution is 6.47. The number of nitrogens with one attached hydrogen (secondary N) is 2. The largest absolute Gasteiger partial charge is 0.383 e. The van der Waals surface area contributed by atoms with E-state index in [-0.39, 0.29) is 11.4 Å². The first-order valence-corrected chi connectivity index (χ1v) is 10.4. The third-order valence-electron chi connectivity index (χ3n) is 4.78.